The molecule has 0 fully saturated rings. The van der Waals surface area contributed by atoms with E-state index in [1.54, 1.807) is 18.2 Å². The Balaban J connectivity index is 2.24. The first-order chi connectivity index (χ1) is 13.2. The number of nitrogens with zero attached hydrogens (tertiary/aromatic N) is 2. The zero-order valence-electron chi connectivity index (χ0n) is 17.7. The van der Waals surface area contributed by atoms with E-state index in [1.165, 1.54) is 0 Å². The van der Waals surface area contributed by atoms with Gasteiger partial charge in [0, 0.05) is 0 Å². The van der Waals surface area contributed by atoms with Crippen molar-refractivity contribution in [3.05, 3.63) is 70.4 Å². The molecule has 3 nitrogen and oxygen atoms in total. The highest BCUT2D eigenvalue weighted by Gasteiger charge is 2.41. The van der Waals surface area contributed by atoms with Gasteiger partial charge in [0.15, 0.2) is 0 Å². The fourth-order valence-electron chi connectivity index (χ4n) is 3.14. The van der Waals surface area contributed by atoms with E-state index in [1.807, 2.05) is 19.0 Å². The van der Waals surface area contributed by atoms with Crippen molar-refractivity contribution in [1.29, 1.82) is 5.26 Å². The molecule has 0 saturated carbocycles. The van der Waals surface area contributed by atoms with Gasteiger partial charge in [-0.25, -0.2) is 4.39 Å². The van der Waals surface area contributed by atoms with E-state index in [-0.39, 0.29) is 12.2 Å². The molecule has 0 spiro atoms. The molecule has 0 saturated heterocycles. The number of rotatable bonds is 5. The van der Waals surface area contributed by atoms with Crippen LogP contribution in [0, 0.1) is 17.1 Å². The molecule has 0 radical (unpaired) electrons. The number of nitriles is 1. The minimum absolute atomic E-state index is 0.0473. The average molecular weight is 328 g/mol. The molecule has 1 unspecified atom stereocenters. The number of hydrogen-bond acceptors (Lipinski definition) is 3. The molecule has 0 aromatic heterocycles. The third kappa shape index (κ3) is 3.06. The van der Waals surface area contributed by atoms with Crippen LogP contribution in [0.3, 0.4) is 0 Å². The van der Waals surface area contributed by atoms with Crippen LogP contribution in [0.25, 0.3) is 0 Å². The Labute approximate surface area is 147 Å². The lowest BCUT2D eigenvalue weighted by Gasteiger charge is -2.31. The maximum Gasteiger partial charge on any atom is 0.123 e. The lowest BCUT2D eigenvalue weighted by Crippen LogP contribution is -2.28. The molecule has 124 valence electrons. The van der Waals surface area contributed by atoms with Gasteiger partial charge < -0.3 is 9.64 Å². The van der Waals surface area contributed by atoms with Crippen molar-refractivity contribution in [3.63, 3.8) is 0 Å². The van der Waals surface area contributed by atoms with E-state index >= 15 is 0 Å². The van der Waals surface area contributed by atoms with Crippen molar-refractivity contribution in [2.75, 3.05) is 20.6 Å². The van der Waals surface area contributed by atoms with Crippen LogP contribution in [0.5, 0.6) is 0 Å². The Kier molecular flexibility index (Phi) is 3.41. The van der Waals surface area contributed by atoms with E-state index in [0.717, 1.165) is 12.1 Å². The second kappa shape index (κ2) is 6.72. The van der Waals surface area contributed by atoms with Gasteiger partial charge in [-0.2, -0.15) is 5.26 Å². The molecule has 1 aliphatic heterocycles. The monoisotopic (exact) mass is 328 g/mol. The molecule has 1 aliphatic rings. The van der Waals surface area contributed by atoms with Crippen LogP contribution in [-0.4, -0.2) is 25.5 Å². The van der Waals surface area contributed by atoms with Gasteiger partial charge in [-0.15, -0.1) is 0 Å². The summed E-state index contributed by atoms with van der Waals surface area (Å²) < 4.78 is 52.7. The first kappa shape index (κ1) is 12.2. The van der Waals surface area contributed by atoms with Crippen molar-refractivity contribution >= 4 is 0 Å². The van der Waals surface area contributed by atoms with Crippen LogP contribution in [-0.2, 0) is 16.9 Å². The first-order valence-electron chi connectivity index (χ1n) is 9.81. The van der Waals surface area contributed by atoms with Crippen LogP contribution >= 0.6 is 0 Å². The quantitative estimate of drug-likeness (QED) is 0.837. The minimum atomic E-state index is -1.22. The number of halogens is 1. The van der Waals surface area contributed by atoms with Crippen molar-refractivity contribution in [3.8, 4) is 6.07 Å². The molecular weight excluding hydrogens is 303 g/mol. The van der Waals surface area contributed by atoms with Gasteiger partial charge in [-0.3, -0.25) is 0 Å². The molecule has 2 aromatic carbocycles. The highest BCUT2D eigenvalue weighted by Crippen LogP contribution is 2.45. The highest BCUT2D eigenvalue weighted by molar-refractivity contribution is 5.47. The largest absolute Gasteiger partial charge is 0.361 e. The number of hydrogen-bond donors (Lipinski definition) is 0. The van der Waals surface area contributed by atoms with E-state index in [9.17, 15) is 4.39 Å². The average Bonchev–Trinajstić information content (AvgIpc) is 3.03. The molecule has 4 heteroatoms. The van der Waals surface area contributed by atoms with Gasteiger partial charge in [-0.05, 0) is 74.4 Å². The fraction of sp³-hybridized carbons (Fsp3) is 0.350. The summed E-state index contributed by atoms with van der Waals surface area (Å²) in [5.74, 6) is -1.17. The zero-order valence-corrected chi connectivity index (χ0v) is 13.7. The van der Waals surface area contributed by atoms with Gasteiger partial charge in [0.25, 0.3) is 0 Å². The van der Waals surface area contributed by atoms with Crippen LogP contribution in [0.4, 0.5) is 4.39 Å². The predicted octanol–water partition coefficient (Wildman–Crippen LogP) is 3.81. The normalized spacial score (nSPS) is 21.6. The molecule has 0 bridgehead atoms. The Bertz CT molecular complexity index is 945. The molecule has 24 heavy (non-hydrogen) atoms. The summed E-state index contributed by atoms with van der Waals surface area (Å²) in [6, 6.07) is 4.92. The molecule has 0 aliphatic carbocycles. The smallest absolute Gasteiger partial charge is 0.123 e. The summed E-state index contributed by atoms with van der Waals surface area (Å²) in [5.41, 5.74) is 0.784. The van der Waals surface area contributed by atoms with Gasteiger partial charge in [0.05, 0.1) is 23.7 Å². The van der Waals surface area contributed by atoms with E-state index < -0.39 is 35.6 Å². The summed E-state index contributed by atoms with van der Waals surface area (Å²) >= 11 is 0. The molecule has 1 atom stereocenters. The highest BCUT2D eigenvalue weighted by atomic mass is 19.1. The summed E-state index contributed by atoms with van der Waals surface area (Å²) in [4.78, 5) is 2.00. The van der Waals surface area contributed by atoms with Crippen molar-refractivity contribution in [1.82, 2.24) is 4.90 Å². The molecule has 3 rings (SSSR count). The van der Waals surface area contributed by atoms with Crippen LogP contribution < -0.4 is 0 Å². The molecule has 2 aromatic rings. The summed E-state index contributed by atoms with van der Waals surface area (Å²) in [5, 5.41) is 9.16. The molecule has 0 N–H and O–H groups in total. The molecular formula is C20H21FN2O. The Morgan fingerprint density at radius 3 is 2.75 bits per heavy atom. The third-order valence-corrected chi connectivity index (χ3v) is 4.28. The number of benzene rings is 2. The molecule has 0 amide bonds. The maximum absolute atomic E-state index is 14.1. The molecule has 1 heterocycles. The second-order valence-corrected chi connectivity index (χ2v) is 6.20. The lowest BCUT2D eigenvalue weighted by atomic mass is 9.81. The summed E-state index contributed by atoms with van der Waals surface area (Å²) in [6.07, 6.45) is 1.08. The zero-order chi connectivity index (χ0) is 20.6. The summed E-state index contributed by atoms with van der Waals surface area (Å²) in [6.45, 7) is 0.920. The van der Waals surface area contributed by atoms with E-state index in [0.29, 0.717) is 24.0 Å². The van der Waals surface area contributed by atoms with E-state index in [2.05, 4.69) is 6.07 Å². The van der Waals surface area contributed by atoms with Crippen molar-refractivity contribution in [2.24, 2.45) is 0 Å². The first-order valence-corrected chi connectivity index (χ1v) is 7.81. The van der Waals surface area contributed by atoms with Crippen molar-refractivity contribution in [2.45, 2.75) is 25.0 Å². The fourth-order valence-corrected chi connectivity index (χ4v) is 3.14. The van der Waals surface area contributed by atoms with Gasteiger partial charge >= 0.3 is 0 Å². The number of ether oxygens (including phenoxy) is 1. The second-order valence-electron chi connectivity index (χ2n) is 6.20. The Morgan fingerprint density at radius 1 is 1.33 bits per heavy atom. The van der Waals surface area contributed by atoms with Crippen molar-refractivity contribution < 1.29 is 14.6 Å². The van der Waals surface area contributed by atoms with Crippen LogP contribution in [0.15, 0.2) is 42.4 Å². The minimum Gasteiger partial charge on any atom is -0.361 e. The summed E-state index contributed by atoms with van der Waals surface area (Å²) in [7, 11) is 3.87. The third-order valence-electron chi connectivity index (χ3n) is 4.28. The van der Waals surface area contributed by atoms with Gasteiger partial charge in [0.2, 0.25) is 0 Å². The van der Waals surface area contributed by atoms with E-state index in [4.69, 9.17) is 15.5 Å². The standard InChI is InChI=1S/C20H21FN2O/c1-23(2)11-3-10-20(17-5-7-18(21)8-6-17)19-9-4-15(13-22)12-16(19)14-24-20/h4-9,12H,3,10-11,14H2,1-2H3/i5D,6D,7D,8D. The van der Waals surface area contributed by atoms with Crippen LogP contribution in [0.1, 0.15) is 40.6 Å². The lowest BCUT2D eigenvalue weighted by molar-refractivity contribution is -0.0140. The SMILES string of the molecule is [2H]c1c([2H])c(C2(CCCN(C)C)OCc3cc(C#N)ccc32)c([2H])c([2H])c1F. The Morgan fingerprint density at radius 2 is 2.08 bits per heavy atom. The maximum atomic E-state index is 14.1. The number of fused-ring (bicyclic) bond motifs is 1. The van der Waals surface area contributed by atoms with Gasteiger partial charge in [-0.1, -0.05) is 18.2 Å². The van der Waals surface area contributed by atoms with Gasteiger partial charge in [0.1, 0.15) is 11.4 Å². The van der Waals surface area contributed by atoms with Crippen LogP contribution in [0.2, 0.25) is 0 Å². The predicted molar refractivity (Wildman–Crippen MR) is 90.9 cm³/mol. The topological polar surface area (TPSA) is 36.3 Å². The Hall–Kier alpha value is -2.22.